The fourth-order valence-electron chi connectivity index (χ4n) is 1.80. The summed E-state index contributed by atoms with van der Waals surface area (Å²) in [5, 5.41) is 5.08. The van der Waals surface area contributed by atoms with Crippen molar-refractivity contribution < 1.29 is 9.59 Å². The van der Waals surface area contributed by atoms with Gasteiger partial charge in [0.1, 0.15) is 0 Å². The van der Waals surface area contributed by atoms with E-state index in [4.69, 9.17) is 11.6 Å². The average molecular weight is 318 g/mol. The Hall–Kier alpha value is -2.40. The number of hydrogen-bond donors (Lipinski definition) is 2. The van der Waals surface area contributed by atoms with Gasteiger partial charge in [0.25, 0.3) is 0 Å². The molecule has 1 aromatic heterocycles. The van der Waals surface area contributed by atoms with Gasteiger partial charge < -0.3 is 10.6 Å². The summed E-state index contributed by atoms with van der Waals surface area (Å²) < 4.78 is 0. The molecule has 0 aliphatic carbocycles. The minimum absolute atomic E-state index is 0.130. The summed E-state index contributed by atoms with van der Waals surface area (Å²) in [5.41, 5.74) is 2.01. The second kappa shape index (κ2) is 7.04. The fourth-order valence-corrected chi connectivity index (χ4v) is 1.96. The Bertz CT molecular complexity index is 684. The van der Waals surface area contributed by atoms with Crippen LogP contribution in [0.15, 0.2) is 42.6 Å². The number of amides is 2. The second-order valence-electron chi connectivity index (χ2n) is 5.03. The summed E-state index contributed by atoms with van der Waals surface area (Å²) in [7, 11) is 0. The number of carbonyl (C=O) groups excluding carboxylic acids is 2. The van der Waals surface area contributed by atoms with Crippen molar-refractivity contribution in [1.82, 2.24) is 4.98 Å². The first kappa shape index (κ1) is 16.0. The molecule has 0 aliphatic heterocycles. The van der Waals surface area contributed by atoms with E-state index >= 15 is 0 Å². The molecule has 0 atom stereocenters. The third-order valence-electron chi connectivity index (χ3n) is 3.05. The summed E-state index contributed by atoms with van der Waals surface area (Å²) in [6.45, 7) is 4.16. The zero-order chi connectivity index (χ0) is 16.1. The molecule has 2 N–H and O–H groups in total. The summed E-state index contributed by atoms with van der Waals surface area (Å²) in [4.78, 5) is 27.5. The van der Waals surface area contributed by atoms with Gasteiger partial charge in [-0.3, -0.25) is 9.59 Å². The lowest BCUT2D eigenvalue weighted by Gasteiger charge is -2.09. The quantitative estimate of drug-likeness (QED) is 0.673. The first-order valence-electron chi connectivity index (χ1n) is 6.80. The topological polar surface area (TPSA) is 71.1 Å². The maximum atomic E-state index is 11.9. The minimum Gasteiger partial charge on any atom is -0.318 e. The second-order valence-corrected chi connectivity index (χ2v) is 5.38. The smallest absolute Gasteiger partial charge is 0.314 e. The van der Waals surface area contributed by atoms with Crippen LogP contribution < -0.4 is 10.6 Å². The molecule has 0 aliphatic rings. The van der Waals surface area contributed by atoms with Crippen LogP contribution in [0.3, 0.4) is 0 Å². The molecule has 0 saturated heterocycles. The van der Waals surface area contributed by atoms with E-state index in [1.807, 2.05) is 12.1 Å². The van der Waals surface area contributed by atoms with Crippen LogP contribution >= 0.6 is 11.6 Å². The molecule has 2 rings (SSSR count). The van der Waals surface area contributed by atoms with Crippen LogP contribution in [0.1, 0.15) is 25.3 Å². The third-order valence-corrected chi connectivity index (χ3v) is 3.35. The molecule has 6 heteroatoms. The predicted molar refractivity (Wildman–Crippen MR) is 87.0 cm³/mol. The highest BCUT2D eigenvalue weighted by molar-refractivity contribution is 6.44. The van der Waals surface area contributed by atoms with Crippen LogP contribution in [0.2, 0.25) is 5.15 Å². The van der Waals surface area contributed by atoms with Crippen LogP contribution in [0.25, 0.3) is 0 Å². The van der Waals surface area contributed by atoms with E-state index < -0.39 is 11.8 Å². The first-order chi connectivity index (χ1) is 10.5. The number of nitrogens with one attached hydrogen (secondary N) is 2. The van der Waals surface area contributed by atoms with Crippen molar-refractivity contribution >= 4 is 34.8 Å². The highest BCUT2D eigenvalue weighted by atomic mass is 35.5. The molecule has 0 saturated carbocycles. The van der Waals surface area contributed by atoms with E-state index in [1.165, 1.54) is 6.20 Å². The molecule has 2 amide bonds. The first-order valence-corrected chi connectivity index (χ1v) is 7.18. The van der Waals surface area contributed by atoms with E-state index in [9.17, 15) is 9.59 Å². The molecule has 2 aromatic rings. The highest BCUT2D eigenvalue weighted by Crippen LogP contribution is 2.18. The maximum absolute atomic E-state index is 11.9. The Morgan fingerprint density at radius 2 is 1.68 bits per heavy atom. The van der Waals surface area contributed by atoms with Gasteiger partial charge >= 0.3 is 11.8 Å². The molecule has 0 bridgehead atoms. The Morgan fingerprint density at radius 3 is 2.27 bits per heavy atom. The number of carbonyl (C=O) groups is 2. The molecule has 114 valence electrons. The van der Waals surface area contributed by atoms with Gasteiger partial charge in [-0.05, 0) is 35.7 Å². The summed E-state index contributed by atoms with van der Waals surface area (Å²) in [5.74, 6) is -1.17. The molecule has 0 spiro atoms. The molecule has 1 heterocycles. The van der Waals surface area contributed by atoms with E-state index in [0.717, 1.165) is 5.56 Å². The number of pyridine rings is 1. The van der Waals surface area contributed by atoms with Gasteiger partial charge in [0.2, 0.25) is 0 Å². The Kier molecular flexibility index (Phi) is 5.12. The molecular weight excluding hydrogens is 302 g/mol. The highest BCUT2D eigenvalue weighted by Gasteiger charge is 2.15. The van der Waals surface area contributed by atoms with E-state index in [0.29, 0.717) is 17.3 Å². The zero-order valence-electron chi connectivity index (χ0n) is 12.3. The minimum atomic E-state index is -0.803. The Labute approximate surface area is 133 Å². The molecule has 0 unspecified atom stereocenters. The van der Waals surface area contributed by atoms with Crippen molar-refractivity contribution in [1.29, 1.82) is 0 Å². The number of benzene rings is 1. The number of aromatic nitrogens is 1. The van der Waals surface area contributed by atoms with Crippen LogP contribution in [0.4, 0.5) is 11.4 Å². The van der Waals surface area contributed by atoms with Crippen molar-refractivity contribution in [3.05, 3.63) is 53.3 Å². The van der Waals surface area contributed by atoms with Crippen LogP contribution in [0, 0.1) is 0 Å². The van der Waals surface area contributed by atoms with E-state index in [2.05, 4.69) is 29.5 Å². The third kappa shape index (κ3) is 4.05. The lowest BCUT2D eigenvalue weighted by atomic mass is 10.0. The fraction of sp³-hybridized carbons (Fsp3) is 0.188. The van der Waals surface area contributed by atoms with Gasteiger partial charge in [-0.15, -0.1) is 0 Å². The number of halogens is 1. The number of rotatable bonds is 3. The largest absolute Gasteiger partial charge is 0.318 e. The van der Waals surface area contributed by atoms with Crippen molar-refractivity contribution in [2.75, 3.05) is 10.6 Å². The van der Waals surface area contributed by atoms with Gasteiger partial charge in [0.05, 0.1) is 5.69 Å². The SMILES string of the molecule is CC(C)c1ccc(NC(=O)C(=O)Nc2cccnc2Cl)cc1. The van der Waals surface area contributed by atoms with Crippen LogP contribution in [0.5, 0.6) is 0 Å². The summed E-state index contributed by atoms with van der Waals surface area (Å²) in [6, 6.07) is 10.5. The molecular formula is C16H16ClN3O2. The zero-order valence-corrected chi connectivity index (χ0v) is 13.0. The van der Waals surface area contributed by atoms with Gasteiger partial charge in [-0.25, -0.2) is 4.98 Å². The lowest BCUT2D eigenvalue weighted by Crippen LogP contribution is -2.29. The molecule has 1 aromatic carbocycles. The normalized spacial score (nSPS) is 10.4. The maximum Gasteiger partial charge on any atom is 0.314 e. The molecule has 22 heavy (non-hydrogen) atoms. The summed E-state index contributed by atoms with van der Waals surface area (Å²) in [6.07, 6.45) is 1.49. The van der Waals surface area contributed by atoms with Crippen molar-refractivity contribution in [3.8, 4) is 0 Å². The summed E-state index contributed by atoms with van der Waals surface area (Å²) >= 11 is 5.82. The number of anilines is 2. The Morgan fingerprint density at radius 1 is 1.05 bits per heavy atom. The van der Waals surface area contributed by atoms with Gasteiger partial charge in [-0.1, -0.05) is 37.6 Å². The van der Waals surface area contributed by atoms with Gasteiger partial charge in [0, 0.05) is 11.9 Å². The predicted octanol–water partition coefficient (Wildman–Crippen LogP) is 3.44. The van der Waals surface area contributed by atoms with Crippen LogP contribution in [-0.4, -0.2) is 16.8 Å². The van der Waals surface area contributed by atoms with Crippen molar-refractivity contribution in [2.24, 2.45) is 0 Å². The monoisotopic (exact) mass is 317 g/mol. The van der Waals surface area contributed by atoms with Gasteiger partial charge in [-0.2, -0.15) is 0 Å². The van der Waals surface area contributed by atoms with E-state index in [-0.39, 0.29) is 5.15 Å². The lowest BCUT2D eigenvalue weighted by molar-refractivity contribution is -0.133. The van der Waals surface area contributed by atoms with Gasteiger partial charge in [0.15, 0.2) is 5.15 Å². The number of hydrogen-bond acceptors (Lipinski definition) is 3. The molecule has 0 fully saturated rings. The van der Waals surface area contributed by atoms with E-state index in [1.54, 1.807) is 24.3 Å². The average Bonchev–Trinajstić information content (AvgIpc) is 2.50. The standard InChI is InChI=1S/C16H16ClN3O2/c1-10(2)11-5-7-12(8-6-11)19-15(21)16(22)20-13-4-3-9-18-14(13)17/h3-10H,1-2H3,(H,19,21)(H,20,22). The molecule has 5 nitrogen and oxygen atoms in total. The van der Waals surface area contributed by atoms with Crippen LogP contribution in [-0.2, 0) is 9.59 Å². The Balaban J connectivity index is 1.99. The number of nitrogens with zero attached hydrogens (tertiary/aromatic N) is 1. The molecule has 0 radical (unpaired) electrons. The van der Waals surface area contributed by atoms with Crippen molar-refractivity contribution in [2.45, 2.75) is 19.8 Å². The van der Waals surface area contributed by atoms with Crippen molar-refractivity contribution in [3.63, 3.8) is 0 Å².